The fourth-order valence-electron chi connectivity index (χ4n) is 2.32. The molecule has 19 heavy (non-hydrogen) atoms. The summed E-state index contributed by atoms with van der Waals surface area (Å²) in [4.78, 5) is 23.5. The van der Waals surface area contributed by atoms with Crippen molar-refractivity contribution in [3.63, 3.8) is 0 Å². The third kappa shape index (κ3) is 2.79. The monoisotopic (exact) mass is 279 g/mol. The van der Waals surface area contributed by atoms with Crippen molar-refractivity contribution in [2.24, 2.45) is 5.92 Å². The minimum absolute atomic E-state index is 0.148. The molecular formula is C14H14ClNO3. The molecule has 2 rings (SSSR count). The fourth-order valence-corrected chi connectivity index (χ4v) is 2.45. The second kappa shape index (κ2) is 5.45. The van der Waals surface area contributed by atoms with Crippen LogP contribution in [0.1, 0.15) is 17.9 Å². The lowest BCUT2D eigenvalue weighted by Gasteiger charge is -2.31. The van der Waals surface area contributed by atoms with Crippen molar-refractivity contribution in [2.45, 2.75) is 12.3 Å². The Hall–Kier alpha value is -1.81. The van der Waals surface area contributed by atoms with E-state index in [-0.39, 0.29) is 18.2 Å². The lowest BCUT2D eigenvalue weighted by Crippen LogP contribution is -2.41. The van der Waals surface area contributed by atoms with Gasteiger partial charge in [-0.2, -0.15) is 0 Å². The van der Waals surface area contributed by atoms with E-state index in [2.05, 4.69) is 11.9 Å². The summed E-state index contributed by atoms with van der Waals surface area (Å²) in [6, 6.07) is 7.10. The molecule has 1 fully saturated rings. The van der Waals surface area contributed by atoms with Crippen molar-refractivity contribution in [1.29, 1.82) is 0 Å². The third-order valence-electron chi connectivity index (χ3n) is 3.24. The molecule has 4 nitrogen and oxygen atoms in total. The molecule has 1 aromatic rings. The van der Waals surface area contributed by atoms with Crippen LogP contribution in [-0.4, -0.2) is 19.0 Å². The molecule has 0 spiro atoms. The molecule has 2 atom stereocenters. The zero-order valence-electron chi connectivity index (χ0n) is 10.5. The molecule has 1 aliphatic rings. The largest absolute Gasteiger partial charge is 0.468 e. The van der Waals surface area contributed by atoms with E-state index in [1.165, 1.54) is 7.11 Å². The minimum atomic E-state index is -0.566. The Labute approximate surface area is 116 Å². The summed E-state index contributed by atoms with van der Waals surface area (Å²) < 4.78 is 4.79. The van der Waals surface area contributed by atoms with Crippen LogP contribution < -0.4 is 5.32 Å². The van der Waals surface area contributed by atoms with Crippen molar-refractivity contribution in [1.82, 2.24) is 5.32 Å². The SMILES string of the molecule is C=C1NC(=O)CC(c2ccc(Cl)cc2)C1C(=O)OC. The number of hydrogen-bond donors (Lipinski definition) is 1. The maximum atomic E-state index is 11.9. The highest BCUT2D eigenvalue weighted by molar-refractivity contribution is 6.30. The van der Waals surface area contributed by atoms with Gasteiger partial charge in [-0.15, -0.1) is 0 Å². The number of carbonyl (C=O) groups excluding carboxylic acids is 2. The first-order chi connectivity index (χ1) is 9.02. The molecule has 100 valence electrons. The number of nitrogens with one attached hydrogen (secondary N) is 1. The summed E-state index contributed by atoms with van der Waals surface area (Å²) in [5.74, 6) is -1.38. The van der Waals surface area contributed by atoms with Crippen molar-refractivity contribution in [3.8, 4) is 0 Å². The van der Waals surface area contributed by atoms with Gasteiger partial charge in [-0.1, -0.05) is 30.3 Å². The minimum Gasteiger partial charge on any atom is -0.468 e. The highest BCUT2D eigenvalue weighted by Crippen LogP contribution is 2.36. The van der Waals surface area contributed by atoms with E-state index < -0.39 is 11.9 Å². The van der Waals surface area contributed by atoms with Crippen LogP contribution in [0.4, 0.5) is 0 Å². The smallest absolute Gasteiger partial charge is 0.315 e. The number of amides is 1. The number of piperidine rings is 1. The summed E-state index contributed by atoms with van der Waals surface area (Å²) in [6.07, 6.45) is 0.223. The number of hydrogen-bond acceptors (Lipinski definition) is 3. The number of ether oxygens (including phenoxy) is 1. The Bertz CT molecular complexity index is 524. The molecule has 1 aliphatic heterocycles. The van der Waals surface area contributed by atoms with Gasteiger partial charge < -0.3 is 10.1 Å². The van der Waals surface area contributed by atoms with Gasteiger partial charge in [0.25, 0.3) is 0 Å². The number of benzene rings is 1. The van der Waals surface area contributed by atoms with Crippen LogP contribution >= 0.6 is 11.6 Å². The Morgan fingerprint density at radius 2 is 2.05 bits per heavy atom. The lowest BCUT2D eigenvalue weighted by molar-refractivity contribution is -0.146. The fraction of sp³-hybridized carbons (Fsp3) is 0.286. The van der Waals surface area contributed by atoms with Crippen LogP contribution in [0.5, 0.6) is 0 Å². The van der Waals surface area contributed by atoms with E-state index in [1.54, 1.807) is 12.1 Å². The summed E-state index contributed by atoms with van der Waals surface area (Å²) in [5.41, 5.74) is 1.25. The molecular weight excluding hydrogens is 266 g/mol. The van der Waals surface area contributed by atoms with E-state index in [9.17, 15) is 9.59 Å². The van der Waals surface area contributed by atoms with E-state index in [4.69, 9.17) is 16.3 Å². The van der Waals surface area contributed by atoms with Crippen molar-refractivity contribution in [2.75, 3.05) is 7.11 Å². The van der Waals surface area contributed by atoms with Gasteiger partial charge in [0, 0.05) is 23.1 Å². The second-order valence-electron chi connectivity index (χ2n) is 4.44. The van der Waals surface area contributed by atoms with Gasteiger partial charge in [0.05, 0.1) is 7.11 Å². The van der Waals surface area contributed by atoms with Gasteiger partial charge >= 0.3 is 5.97 Å². The maximum absolute atomic E-state index is 11.9. The number of methoxy groups -OCH3 is 1. The molecule has 1 amide bonds. The van der Waals surface area contributed by atoms with Gasteiger partial charge in [0.1, 0.15) is 5.92 Å². The Kier molecular flexibility index (Phi) is 3.90. The Balaban J connectivity index is 2.37. The van der Waals surface area contributed by atoms with E-state index >= 15 is 0 Å². The molecule has 0 aliphatic carbocycles. The molecule has 2 unspecified atom stereocenters. The van der Waals surface area contributed by atoms with E-state index in [0.717, 1.165) is 5.56 Å². The first-order valence-electron chi connectivity index (χ1n) is 5.85. The molecule has 0 aromatic heterocycles. The summed E-state index contributed by atoms with van der Waals surface area (Å²) in [7, 11) is 1.32. The molecule has 5 heteroatoms. The third-order valence-corrected chi connectivity index (χ3v) is 3.49. The van der Waals surface area contributed by atoms with Gasteiger partial charge in [0.15, 0.2) is 0 Å². The number of halogens is 1. The van der Waals surface area contributed by atoms with Gasteiger partial charge in [-0.25, -0.2) is 0 Å². The maximum Gasteiger partial charge on any atom is 0.315 e. The molecule has 1 saturated heterocycles. The second-order valence-corrected chi connectivity index (χ2v) is 4.87. The lowest BCUT2D eigenvalue weighted by atomic mass is 9.79. The highest BCUT2D eigenvalue weighted by atomic mass is 35.5. The average molecular weight is 280 g/mol. The summed E-state index contributed by atoms with van der Waals surface area (Å²) in [6.45, 7) is 3.75. The number of esters is 1. The highest BCUT2D eigenvalue weighted by Gasteiger charge is 2.38. The predicted molar refractivity (Wildman–Crippen MR) is 71.6 cm³/mol. The first kappa shape index (κ1) is 13.6. The quantitative estimate of drug-likeness (QED) is 0.845. The van der Waals surface area contributed by atoms with Crippen molar-refractivity contribution >= 4 is 23.5 Å². The molecule has 1 aromatic carbocycles. The topological polar surface area (TPSA) is 55.4 Å². The van der Waals surface area contributed by atoms with Crippen LogP contribution in [0.2, 0.25) is 5.02 Å². The van der Waals surface area contributed by atoms with Crippen LogP contribution in [0.15, 0.2) is 36.5 Å². The standard InChI is InChI=1S/C14H14ClNO3/c1-8-13(14(18)19-2)11(7-12(17)16-8)9-3-5-10(15)6-4-9/h3-6,11,13H,1,7H2,2H3,(H,16,17). The molecule has 0 bridgehead atoms. The van der Waals surface area contributed by atoms with Crippen LogP contribution in [0.3, 0.4) is 0 Å². The first-order valence-corrected chi connectivity index (χ1v) is 6.22. The Morgan fingerprint density at radius 3 is 2.63 bits per heavy atom. The summed E-state index contributed by atoms with van der Waals surface area (Å²) in [5, 5.41) is 3.20. The van der Waals surface area contributed by atoms with Crippen molar-refractivity contribution < 1.29 is 14.3 Å². The average Bonchev–Trinajstić information content (AvgIpc) is 2.38. The zero-order valence-corrected chi connectivity index (χ0v) is 11.2. The normalized spacial score (nSPS) is 22.8. The van der Waals surface area contributed by atoms with Gasteiger partial charge in [0.2, 0.25) is 5.91 Å². The molecule has 0 radical (unpaired) electrons. The predicted octanol–water partition coefficient (Wildman–Crippen LogP) is 2.25. The molecule has 1 N–H and O–H groups in total. The number of rotatable bonds is 2. The van der Waals surface area contributed by atoms with E-state index in [1.807, 2.05) is 12.1 Å². The Morgan fingerprint density at radius 1 is 1.42 bits per heavy atom. The summed E-state index contributed by atoms with van der Waals surface area (Å²) >= 11 is 5.85. The van der Waals surface area contributed by atoms with Gasteiger partial charge in [-0.3, -0.25) is 9.59 Å². The van der Waals surface area contributed by atoms with E-state index in [0.29, 0.717) is 10.7 Å². The molecule has 0 saturated carbocycles. The molecule has 1 heterocycles. The van der Waals surface area contributed by atoms with Crippen LogP contribution in [0, 0.1) is 5.92 Å². The zero-order chi connectivity index (χ0) is 14.0. The number of carbonyl (C=O) groups is 2. The van der Waals surface area contributed by atoms with Crippen LogP contribution in [0.25, 0.3) is 0 Å². The van der Waals surface area contributed by atoms with Crippen LogP contribution in [-0.2, 0) is 14.3 Å². The van der Waals surface area contributed by atoms with Crippen molar-refractivity contribution in [3.05, 3.63) is 47.1 Å². The van der Waals surface area contributed by atoms with Gasteiger partial charge in [-0.05, 0) is 17.7 Å².